The van der Waals surface area contributed by atoms with Crippen LogP contribution in [0.15, 0.2) is 34.3 Å². The maximum Gasteiger partial charge on any atom is 0.170 e. The molecular weight excluding hydrogens is 483 g/mol. The van der Waals surface area contributed by atoms with E-state index in [0.29, 0.717) is 10.4 Å². The molecule has 0 bridgehead atoms. The van der Waals surface area contributed by atoms with Crippen LogP contribution in [0.2, 0.25) is 5.02 Å². The van der Waals surface area contributed by atoms with Crippen LogP contribution in [0.4, 0.5) is 11.6 Å². The van der Waals surface area contributed by atoms with E-state index in [9.17, 15) is 0 Å². The van der Waals surface area contributed by atoms with Gasteiger partial charge in [-0.25, -0.2) is 9.97 Å². The number of hydrogen-bond acceptors (Lipinski definition) is 5. The highest BCUT2D eigenvalue weighted by molar-refractivity contribution is 14.1. The molecule has 1 saturated heterocycles. The summed E-state index contributed by atoms with van der Waals surface area (Å²) in [5, 5.41) is 2.40. The molecule has 129 valence electrons. The molecule has 2 aromatic rings. The lowest BCUT2D eigenvalue weighted by atomic mass is 9.68. The highest BCUT2D eigenvalue weighted by atomic mass is 127. The van der Waals surface area contributed by atoms with Gasteiger partial charge in [-0.05, 0) is 35.9 Å². The molecule has 2 aliphatic rings. The average molecular weight is 500 g/mol. The number of aromatic nitrogens is 2. The molecule has 1 saturated carbocycles. The summed E-state index contributed by atoms with van der Waals surface area (Å²) in [4.78, 5) is 12.8. The molecule has 25 heavy (non-hydrogen) atoms. The molecule has 0 atom stereocenters. The van der Waals surface area contributed by atoms with Crippen molar-refractivity contribution in [3.05, 3.63) is 29.4 Å². The number of nitrogens with one attached hydrogen (secondary N) is 1. The Morgan fingerprint density at radius 2 is 2.16 bits per heavy atom. The van der Waals surface area contributed by atoms with Crippen molar-refractivity contribution in [3.63, 3.8) is 0 Å². The zero-order valence-corrected chi connectivity index (χ0v) is 18.3. The van der Waals surface area contributed by atoms with Crippen LogP contribution in [0, 0.1) is 5.41 Å². The lowest BCUT2D eigenvalue weighted by Crippen LogP contribution is -2.33. The van der Waals surface area contributed by atoms with Crippen molar-refractivity contribution >= 4 is 73.3 Å². The van der Waals surface area contributed by atoms with E-state index in [-0.39, 0.29) is 0 Å². The molecule has 4 rings (SSSR count). The first kappa shape index (κ1) is 17.9. The summed E-state index contributed by atoms with van der Waals surface area (Å²) in [5.41, 5.74) is 0.552. The monoisotopic (exact) mass is 499 g/mol. The van der Waals surface area contributed by atoms with Gasteiger partial charge in [0.25, 0.3) is 0 Å². The third-order valence-electron chi connectivity index (χ3n) is 5.16. The highest BCUT2D eigenvalue weighted by Crippen LogP contribution is 2.48. The van der Waals surface area contributed by atoms with Gasteiger partial charge in [-0.3, -0.25) is 0 Å². The number of halogens is 2. The van der Waals surface area contributed by atoms with Crippen molar-refractivity contribution in [3.8, 4) is 0 Å². The molecule has 3 radical (unpaired) electrons. The highest BCUT2D eigenvalue weighted by Gasteiger charge is 2.43. The van der Waals surface area contributed by atoms with Crippen LogP contribution in [0.5, 0.6) is 0 Å². The van der Waals surface area contributed by atoms with Crippen molar-refractivity contribution in [2.24, 2.45) is 5.41 Å². The largest absolute Gasteiger partial charge is 0.355 e. The van der Waals surface area contributed by atoms with E-state index < -0.39 is 0 Å². The van der Waals surface area contributed by atoms with E-state index >= 15 is 0 Å². The van der Waals surface area contributed by atoms with Gasteiger partial charge >= 0.3 is 0 Å². The fraction of sp³-hybridized carbons (Fsp3) is 0.412. The number of benzene rings is 1. The van der Waals surface area contributed by atoms with E-state index in [0.717, 1.165) is 39.8 Å². The Labute approximate surface area is 174 Å². The lowest BCUT2D eigenvalue weighted by Gasteiger charge is -2.38. The van der Waals surface area contributed by atoms with E-state index in [4.69, 9.17) is 16.6 Å². The fourth-order valence-electron chi connectivity index (χ4n) is 3.57. The molecule has 0 unspecified atom stereocenters. The molecule has 1 N–H and O–H groups in total. The lowest BCUT2D eigenvalue weighted by molar-refractivity contribution is 0.165. The Kier molecular flexibility index (Phi) is 5.18. The van der Waals surface area contributed by atoms with Gasteiger partial charge < -0.3 is 8.43 Å². The fourth-order valence-corrected chi connectivity index (χ4v) is 5.54. The molecule has 1 aromatic heterocycles. The minimum absolute atomic E-state index is 0.552. The van der Waals surface area contributed by atoms with Crippen LogP contribution in [-0.2, 0) is 0 Å². The molecule has 4 nitrogen and oxygen atoms in total. The molecule has 8 heteroatoms. The number of nitrogens with zero attached hydrogens (tertiary/aromatic N) is 3. The Bertz CT molecular complexity index is 802. The predicted octanol–water partition coefficient (Wildman–Crippen LogP) is 4.22. The van der Waals surface area contributed by atoms with Crippen molar-refractivity contribution in [1.29, 1.82) is 0 Å². The summed E-state index contributed by atoms with van der Waals surface area (Å²) in [5.74, 6) is 1.75. The first-order valence-electron chi connectivity index (χ1n) is 8.27. The number of hydrogen-bond donors (Lipinski definition) is 1. The van der Waals surface area contributed by atoms with Crippen molar-refractivity contribution in [1.82, 2.24) is 9.97 Å². The Hall–Kier alpha value is -0.513. The third kappa shape index (κ3) is 3.52. The van der Waals surface area contributed by atoms with Gasteiger partial charge in [0.15, 0.2) is 5.82 Å². The van der Waals surface area contributed by atoms with Crippen LogP contribution < -0.4 is 13.6 Å². The van der Waals surface area contributed by atoms with Gasteiger partial charge in [0.1, 0.15) is 10.8 Å². The second-order valence-electron chi connectivity index (χ2n) is 6.72. The van der Waals surface area contributed by atoms with Crippen molar-refractivity contribution in [2.45, 2.75) is 35.6 Å². The van der Waals surface area contributed by atoms with Crippen LogP contribution in [0.3, 0.4) is 0 Å². The summed E-state index contributed by atoms with van der Waals surface area (Å²) in [6.45, 7) is 2.20. The third-order valence-corrected chi connectivity index (χ3v) is 7.82. The quantitative estimate of drug-likeness (QED) is 0.388. The number of rotatable bonds is 4. The van der Waals surface area contributed by atoms with E-state index in [1.807, 2.05) is 24.4 Å². The summed E-state index contributed by atoms with van der Waals surface area (Å²) >= 11 is 10.0. The Balaban J connectivity index is 1.57. The summed E-state index contributed by atoms with van der Waals surface area (Å²) in [6.07, 6.45) is 7.28. The predicted molar refractivity (Wildman–Crippen MR) is 114 cm³/mol. The van der Waals surface area contributed by atoms with Crippen LogP contribution >= 0.6 is 46.2 Å². The molecule has 2 fully saturated rings. The summed E-state index contributed by atoms with van der Waals surface area (Å²) in [6, 6.07) is 5.89. The molecule has 1 spiro atoms. The Morgan fingerprint density at radius 3 is 2.84 bits per heavy atom. The van der Waals surface area contributed by atoms with E-state index in [1.54, 1.807) is 0 Å². The van der Waals surface area contributed by atoms with Gasteiger partial charge in [0, 0.05) is 18.0 Å². The summed E-state index contributed by atoms with van der Waals surface area (Å²) < 4.78 is 3.16. The van der Waals surface area contributed by atoms with Crippen LogP contribution in [0.1, 0.15) is 25.7 Å². The van der Waals surface area contributed by atoms with E-state index in [2.05, 4.69) is 46.5 Å². The minimum Gasteiger partial charge on any atom is -0.355 e. The zero-order valence-electron chi connectivity index (χ0n) is 13.6. The SMILES string of the molecule is [Si]c1cccc(Sc2ncc(N3CCC4(CCC4)C3)nc2NI)c1Cl. The molecule has 2 heterocycles. The minimum atomic E-state index is 0.552. The van der Waals surface area contributed by atoms with Gasteiger partial charge in [-0.15, -0.1) is 0 Å². The first-order chi connectivity index (χ1) is 12.1. The topological polar surface area (TPSA) is 41.1 Å². The molecule has 0 amide bonds. The molecule has 1 aliphatic heterocycles. The Morgan fingerprint density at radius 1 is 1.32 bits per heavy atom. The van der Waals surface area contributed by atoms with Crippen LogP contribution in [-0.4, -0.2) is 33.3 Å². The first-order valence-corrected chi connectivity index (χ1v) is 11.0. The van der Waals surface area contributed by atoms with Crippen molar-refractivity contribution in [2.75, 3.05) is 21.5 Å². The van der Waals surface area contributed by atoms with E-state index in [1.165, 1.54) is 37.4 Å². The molecule has 1 aromatic carbocycles. The molecule has 1 aliphatic carbocycles. The van der Waals surface area contributed by atoms with Gasteiger partial charge in [-0.1, -0.05) is 41.9 Å². The zero-order chi connectivity index (χ0) is 17.4. The maximum absolute atomic E-state index is 6.38. The summed E-state index contributed by atoms with van der Waals surface area (Å²) in [7, 11) is 3.52. The normalized spacial score (nSPS) is 18.4. The smallest absolute Gasteiger partial charge is 0.170 e. The standard InChI is InChI=1S/C17H17ClIN4SSi/c18-14-11(3-1-4-12(14)25)24-16-15(22-19)21-13(9-20-16)23-8-7-17(10-23)5-2-6-17/h1,3-4,9H,2,5-8,10H2,(H,21,22). The average Bonchev–Trinajstić information content (AvgIpc) is 3.05. The van der Waals surface area contributed by atoms with Gasteiger partial charge in [0.2, 0.25) is 0 Å². The maximum atomic E-state index is 6.38. The number of anilines is 2. The second kappa shape index (κ2) is 7.25. The van der Waals surface area contributed by atoms with Gasteiger partial charge in [-0.2, -0.15) is 0 Å². The van der Waals surface area contributed by atoms with Gasteiger partial charge in [0.05, 0.1) is 44.3 Å². The van der Waals surface area contributed by atoms with Crippen LogP contribution in [0.25, 0.3) is 0 Å². The molecular formula is C17H17ClIN4SSi. The van der Waals surface area contributed by atoms with Crippen molar-refractivity contribution < 1.29 is 0 Å². The second-order valence-corrected chi connectivity index (χ2v) is 9.21.